The molecule has 0 saturated heterocycles. The van der Waals surface area contributed by atoms with E-state index in [-0.39, 0.29) is 0 Å². The lowest BCUT2D eigenvalue weighted by molar-refractivity contribution is 0.134. The van der Waals surface area contributed by atoms with Gasteiger partial charge in [0.15, 0.2) is 0 Å². The van der Waals surface area contributed by atoms with Crippen molar-refractivity contribution in [2.75, 3.05) is 0 Å². The molecule has 0 spiro atoms. The molecule has 0 radical (unpaired) electrons. The van der Waals surface area contributed by atoms with Gasteiger partial charge < -0.3 is 5.32 Å². The Balaban J connectivity index is 1.82. The van der Waals surface area contributed by atoms with Crippen molar-refractivity contribution in [1.29, 1.82) is 0 Å². The van der Waals surface area contributed by atoms with Crippen LogP contribution in [0.1, 0.15) is 76.5 Å². The van der Waals surface area contributed by atoms with Gasteiger partial charge in [-0.1, -0.05) is 27.2 Å². The van der Waals surface area contributed by atoms with Gasteiger partial charge in [-0.25, -0.2) is 4.98 Å². The van der Waals surface area contributed by atoms with Crippen LogP contribution in [0.5, 0.6) is 0 Å². The number of hydrogen-bond acceptors (Lipinski definition) is 3. The Morgan fingerprint density at radius 1 is 1.35 bits per heavy atom. The molecule has 0 aliphatic heterocycles. The van der Waals surface area contributed by atoms with Crippen LogP contribution in [0, 0.1) is 18.3 Å². The molecule has 2 rings (SSSR count). The Kier molecular flexibility index (Phi) is 5.25. The second-order valence-corrected chi connectivity index (χ2v) is 8.00. The van der Waals surface area contributed by atoms with E-state index in [9.17, 15) is 0 Å². The van der Waals surface area contributed by atoms with Crippen molar-refractivity contribution >= 4 is 11.3 Å². The smallest absolute Gasteiger partial charge is 0.110 e. The van der Waals surface area contributed by atoms with Gasteiger partial charge in [0, 0.05) is 17.1 Å². The molecule has 1 atom stereocenters. The highest BCUT2D eigenvalue weighted by molar-refractivity contribution is 7.09. The van der Waals surface area contributed by atoms with Gasteiger partial charge in [-0.15, -0.1) is 11.3 Å². The van der Waals surface area contributed by atoms with Crippen LogP contribution in [-0.4, -0.2) is 11.0 Å². The van der Waals surface area contributed by atoms with Crippen molar-refractivity contribution in [2.45, 2.75) is 78.8 Å². The molecular formula is C17H30N2S. The summed E-state index contributed by atoms with van der Waals surface area (Å²) in [6, 6.07) is 1.08. The Hall–Kier alpha value is -0.410. The number of aryl methyl sites for hydroxylation is 1. The molecule has 1 N–H and O–H groups in total. The van der Waals surface area contributed by atoms with E-state index in [1.54, 1.807) is 11.3 Å². The van der Waals surface area contributed by atoms with Crippen LogP contribution >= 0.6 is 11.3 Å². The summed E-state index contributed by atoms with van der Waals surface area (Å²) in [7, 11) is 0. The van der Waals surface area contributed by atoms with Crippen molar-refractivity contribution in [3.05, 3.63) is 16.1 Å². The number of hydrogen-bond donors (Lipinski definition) is 1. The maximum atomic E-state index is 4.60. The van der Waals surface area contributed by atoms with Gasteiger partial charge in [0.1, 0.15) is 5.01 Å². The van der Waals surface area contributed by atoms with E-state index in [1.807, 2.05) is 0 Å². The van der Waals surface area contributed by atoms with Crippen molar-refractivity contribution in [3.63, 3.8) is 0 Å². The molecular weight excluding hydrogens is 264 g/mol. The highest BCUT2D eigenvalue weighted by Gasteiger charge is 2.32. The van der Waals surface area contributed by atoms with Crippen LogP contribution in [0.25, 0.3) is 0 Å². The number of aromatic nitrogens is 1. The minimum Gasteiger partial charge on any atom is -0.305 e. The zero-order valence-electron chi connectivity index (χ0n) is 13.7. The third kappa shape index (κ3) is 3.82. The van der Waals surface area contributed by atoms with E-state index in [4.69, 9.17) is 0 Å². The second-order valence-electron chi connectivity index (χ2n) is 7.11. The largest absolute Gasteiger partial charge is 0.305 e. The summed E-state index contributed by atoms with van der Waals surface area (Å²) >= 11 is 1.78. The zero-order valence-corrected chi connectivity index (χ0v) is 14.5. The summed E-state index contributed by atoms with van der Waals surface area (Å²) < 4.78 is 0. The van der Waals surface area contributed by atoms with Gasteiger partial charge in [0.2, 0.25) is 0 Å². The standard InChI is InChI=1S/C17H30N2S/c1-6-17(4,5)14-7-9-15(10-8-14)19-13(3)16-18-12(2)11-20-16/h11,13-15,19H,6-10H2,1-5H3. The Morgan fingerprint density at radius 3 is 2.50 bits per heavy atom. The lowest BCUT2D eigenvalue weighted by Crippen LogP contribution is -2.38. The first kappa shape index (κ1) is 16.0. The molecule has 1 aromatic rings. The van der Waals surface area contributed by atoms with Crippen LogP contribution in [0.2, 0.25) is 0 Å². The first-order valence-corrected chi connectivity index (χ1v) is 8.98. The summed E-state index contributed by atoms with van der Waals surface area (Å²) in [4.78, 5) is 4.60. The number of rotatable bonds is 5. The van der Waals surface area contributed by atoms with Crippen LogP contribution in [0.4, 0.5) is 0 Å². The monoisotopic (exact) mass is 294 g/mol. The second kappa shape index (κ2) is 6.57. The first-order chi connectivity index (χ1) is 9.42. The van der Waals surface area contributed by atoms with Crippen molar-refractivity contribution < 1.29 is 0 Å². The Labute approximate surface area is 128 Å². The Morgan fingerprint density at radius 2 is 2.00 bits per heavy atom. The van der Waals surface area contributed by atoms with Crippen LogP contribution in [0.3, 0.4) is 0 Å². The average Bonchev–Trinajstić information content (AvgIpc) is 2.86. The highest BCUT2D eigenvalue weighted by atomic mass is 32.1. The van der Waals surface area contributed by atoms with E-state index in [2.05, 4.69) is 50.3 Å². The lowest BCUT2D eigenvalue weighted by atomic mass is 9.69. The normalized spacial score (nSPS) is 25.6. The van der Waals surface area contributed by atoms with Crippen molar-refractivity contribution in [3.8, 4) is 0 Å². The van der Waals surface area contributed by atoms with Gasteiger partial charge in [-0.2, -0.15) is 0 Å². The molecule has 1 aliphatic rings. The summed E-state index contributed by atoms with van der Waals surface area (Å²) in [5.74, 6) is 0.906. The fraction of sp³-hybridized carbons (Fsp3) is 0.824. The summed E-state index contributed by atoms with van der Waals surface area (Å²) in [6.45, 7) is 11.5. The Bertz CT molecular complexity index is 416. The molecule has 0 aromatic carbocycles. The van der Waals surface area contributed by atoms with E-state index in [0.29, 0.717) is 17.5 Å². The SMILES string of the molecule is CCC(C)(C)C1CCC(NC(C)c2nc(C)cs2)CC1. The first-order valence-electron chi connectivity index (χ1n) is 8.10. The molecule has 1 aromatic heterocycles. The van der Waals surface area contributed by atoms with Crippen LogP contribution < -0.4 is 5.32 Å². The predicted octanol–water partition coefficient (Wildman–Crippen LogP) is 5.10. The fourth-order valence-electron chi connectivity index (χ4n) is 3.33. The third-order valence-corrected chi connectivity index (χ3v) is 6.38. The van der Waals surface area contributed by atoms with Crippen LogP contribution in [0.15, 0.2) is 5.38 Å². The number of thiazole rings is 1. The van der Waals surface area contributed by atoms with Gasteiger partial charge in [-0.05, 0) is 50.9 Å². The van der Waals surface area contributed by atoms with Gasteiger partial charge in [-0.3, -0.25) is 0 Å². The van der Waals surface area contributed by atoms with Crippen LogP contribution in [-0.2, 0) is 0 Å². The highest BCUT2D eigenvalue weighted by Crippen LogP contribution is 2.40. The number of nitrogens with zero attached hydrogens (tertiary/aromatic N) is 1. The maximum Gasteiger partial charge on any atom is 0.110 e. The molecule has 3 heteroatoms. The molecule has 2 nitrogen and oxygen atoms in total. The van der Waals surface area contributed by atoms with Gasteiger partial charge in [0.25, 0.3) is 0 Å². The third-order valence-electron chi connectivity index (χ3n) is 5.24. The molecule has 0 amide bonds. The quantitative estimate of drug-likeness (QED) is 0.817. The summed E-state index contributed by atoms with van der Waals surface area (Å²) in [5, 5.41) is 7.17. The summed E-state index contributed by atoms with van der Waals surface area (Å²) in [6.07, 6.45) is 6.69. The molecule has 1 fully saturated rings. The zero-order chi connectivity index (χ0) is 14.8. The van der Waals surface area contributed by atoms with Crippen molar-refractivity contribution in [2.24, 2.45) is 11.3 Å². The van der Waals surface area contributed by atoms with Gasteiger partial charge >= 0.3 is 0 Å². The minimum atomic E-state index is 0.398. The number of nitrogens with one attached hydrogen (secondary N) is 1. The minimum absolute atomic E-state index is 0.398. The molecule has 1 heterocycles. The van der Waals surface area contributed by atoms with E-state index < -0.39 is 0 Å². The van der Waals surface area contributed by atoms with Gasteiger partial charge in [0.05, 0.1) is 6.04 Å². The molecule has 0 bridgehead atoms. The van der Waals surface area contributed by atoms with Crippen molar-refractivity contribution in [1.82, 2.24) is 10.3 Å². The van der Waals surface area contributed by atoms with E-state index in [0.717, 1.165) is 11.6 Å². The maximum absolute atomic E-state index is 4.60. The topological polar surface area (TPSA) is 24.9 Å². The lowest BCUT2D eigenvalue weighted by Gasteiger charge is -2.39. The fourth-order valence-corrected chi connectivity index (χ4v) is 4.14. The molecule has 1 aliphatic carbocycles. The average molecular weight is 295 g/mol. The molecule has 20 heavy (non-hydrogen) atoms. The molecule has 1 unspecified atom stereocenters. The van der Waals surface area contributed by atoms with E-state index in [1.165, 1.54) is 37.1 Å². The predicted molar refractivity (Wildman–Crippen MR) is 88.2 cm³/mol. The molecule has 114 valence electrons. The van der Waals surface area contributed by atoms with E-state index >= 15 is 0 Å². The summed E-state index contributed by atoms with van der Waals surface area (Å²) in [5.41, 5.74) is 1.66. The molecule has 1 saturated carbocycles.